The Kier molecular flexibility index (Phi) is 9.66. The van der Waals surface area contributed by atoms with Gasteiger partial charge < -0.3 is 28.4 Å². The van der Waals surface area contributed by atoms with Crippen LogP contribution < -0.4 is 0 Å². The van der Waals surface area contributed by atoms with Crippen LogP contribution >= 0.6 is 0 Å². The second kappa shape index (κ2) is 12.2. The predicted molar refractivity (Wildman–Crippen MR) is 115 cm³/mol. The summed E-state index contributed by atoms with van der Waals surface area (Å²) in [5, 5.41) is 11.1. The molecule has 0 radical (unpaired) electrons. The summed E-state index contributed by atoms with van der Waals surface area (Å²) in [4.78, 5) is 57.4. The van der Waals surface area contributed by atoms with E-state index in [0.29, 0.717) is 11.1 Å². The highest BCUT2D eigenvalue weighted by Gasteiger charge is 2.52. The van der Waals surface area contributed by atoms with Crippen molar-refractivity contribution in [3.63, 3.8) is 0 Å². The van der Waals surface area contributed by atoms with Crippen LogP contribution in [0.1, 0.15) is 38.8 Å². The minimum absolute atomic E-state index is 0.157. The van der Waals surface area contributed by atoms with E-state index < -0.39 is 66.1 Å². The lowest BCUT2D eigenvalue weighted by Crippen LogP contribution is -2.62. The van der Waals surface area contributed by atoms with Crippen LogP contribution in [0.25, 0.3) is 0 Å². The lowest BCUT2D eigenvalue weighted by molar-refractivity contribution is -0.385. The summed E-state index contributed by atoms with van der Waals surface area (Å²) in [5.74, 6) is -2.94. The quantitative estimate of drug-likeness (QED) is 0.209. The Bertz CT molecular complexity index is 977. The Morgan fingerprint density at radius 2 is 1.49 bits per heavy atom. The molecule has 1 aliphatic heterocycles. The molecule has 13 heteroatoms. The summed E-state index contributed by atoms with van der Waals surface area (Å²) in [6.45, 7) is 5.60. The molecule has 1 heterocycles. The number of ether oxygens (including phenoxy) is 6. The van der Waals surface area contributed by atoms with Gasteiger partial charge in [-0.1, -0.05) is 6.07 Å². The zero-order valence-corrected chi connectivity index (χ0v) is 19.9. The van der Waals surface area contributed by atoms with Gasteiger partial charge in [0.25, 0.3) is 5.69 Å². The maximum atomic E-state index is 11.8. The molecule has 0 aromatic heterocycles. The Labute approximate surface area is 200 Å². The smallest absolute Gasteiger partial charge is 0.303 e. The van der Waals surface area contributed by atoms with Crippen LogP contribution in [0, 0.1) is 17.0 Å². The third kappa shape index (κ3) is 8.00. The Morgan fingerprint density at radius 3 is 2.03 bits per heavy atom. The third-order valence-corrected chi connectivity index (χ3v) is 4.89. The van der Waals surface area contributed by atoms with Crippen LogP contribution in [0.2, 0.25) is 0 Å². The van der Waals surface area contributed by atoms with Crippen LogP contribution in [0.4, 0.5) is 5.69 Å². The van der Waals surface area contributed by atoms with Crippen molar-refractivity contribution >= 4 is 29.6 Å². The number of benzene rings is 1. The molecule has 0 amide bonds. The number of non-ortho nitro benzene ring substituents is 1. The van der Waals surface area contributed by atoms with Crippen molar-refractivity contribution in [2.24, 2.45) is 0 Å². The minimum Gasteiger partial charge on any atom is -0.463 e. The molecule has 0 saturated carbocycles. The first-order valence-corrected chi connectivity index (χ1v) is 10.5. The number of esters is 4. The number of rotatable bonds is 9. The number of nitro benzene ring substituents is 1. The summed E-state index contributed by atoms with van der Waals surface area (Å²) in [6.07, 6.45) is -6.59. The first-order chi connectivity index (χ1) is 16.4. The second-order valence-corrected chi connectivity index (χ2v) is 7.75. The molecule has 2 rings (SSSR count). The molecule has 1 aromatic carbocycles. The molecule has 1 aromatic rings. The van der Waals surface area contributed by atoms with Crippen molar-refractivity contribution < 1.29 is 52.5 Å². The lowest BCUT2D eigenvalue weighted by atomic mass is 9.98. The van der Waals surface area contributed by atoms with Gasteiger partial charge in [-0.3, -0.25) is 29.3 Å². The zero-order valence-electron chi connectivity index (χ0n) is 19.9. The molecule has 5 atom stereocenters. The van der Waals surface area contributed by atoms with E-state index >= 15 is 0 Å². The summed E-state index contributed by atoms with van der Waals surface area (Å²) in [7, 11) is 0. The summed E-state index contributed by atoms with van der Waals surface area (Å²) < 4.78 is 32.6. The van der Waals surface area contributed by atoms with E-state index in [1.54, 1.807) is 13.0 Å². The molecule has 13 nitrogen and oxygen atoms in total. The van der Waals surface area contributed by atoms with Crippen LogP contribution in [-0.2, 0) is 54.2 Å². The SMILES string of the molecule is CC(=O)OC[C@H]1O[C@H](OCc2cc([N+](=O)[O-])ccc2C)[C@H](OC(C)=O)[C@@H](OC(C)=O)[C@@H]1OC(C)=O. The van der Waals surface area contributed by atoms with Crippen molar-refractivity contribution in [2.45, 2.75) is 71.9 Å². The van der Waals surface area contributed by atoms with E-state index in [0.717, 1.165) is 27.7 Å². The van der Waals surface area contributed by atoms with E-state index in [1.807, 2.05) is 0 Å². The molecule has 0 spiro atoms. The maximum Gasteiger partial charge on any atom is 0.303 e. The summed E-state index contributed by atoms with van der Waals surface area (Å²) in [5.41, 5.74) is 0.976. The van der Waals surface area contributed by atoms with Crippen LogP contribution in [0.3, 0.4) is 0 Å². The number of aryl methyl sites for hydroxylation is 1. The normalized spacial score (nSPS) is 23.6. The molecule has 1 aliphatic rings. The minimum atomic E-state index is -1.38. The van der Waals surface area contributed by atoms with Gasteiger partial charge in [-0.25, -0.2) is 0 Å². The average Bonchev–Trinajstić information content (AvgIpc) is 2.74. The van der Waals surface area contributed by atoms with E-state index in [9.17, 15) is 29.3 Å². The largest absolute Gasteiger partial charge is 0.463 e. The molecule has 1 saturated heterocycles. The highest BCUT2D eigenvalue weighted by molar-refractivity contribution is 5.68. The van der Waals surface area contributed by atoms with E-state index in [2.05, 4.69) is 0 Å². The van der Waals surface area contributed by atoms with E-state index in [4.69, 9.17) is 28.4 Å². The van der Waals surface area contributed by atoms with Gasteiger partial charge in [-0.05, 0) is 18.1 Å². The maximum absolute atomic E-state index is 11.8. The second-order valence-electron chi connectivity index (χ2n) is 7.75. The van der Waals surface area contributed by atoms with Gasteiger partial charge in [0.05, 0.1) is 11.5 Å². The number of carbonyl (C=O) groups excluding carboxylic acids is 4. The van der Waals surface area contributed by atoms with Crippen molar-refractivity contribution in [1.29, 1.82) is 0 Å². The third-order valence-electron chi connectivity index (χ3n) is 4.89. The standard InChI is InChI=1S/C22H27NO12/c1-11-6-7-17(23(28)29)8-16(11)9-31-22-21(34-15(5)27)20(33-14(4)26)19(32-13(3)25)18(35-22)10-30-12(2)24/h6-8,18-22H,9-10H2,1-5H3/t18-,19-,20+,21-,22+/m1/s1. The van der Waals surface area contributed by atoms with Crippen LogP contribution in [0.15, 0.2) is 18.2 Å². The Hall–Kier alpha value is -3.58. The monoisotopic (exact) mass is 497 g/mol. The zero-order chi connectivity index (χ0) is 26.3. The Balaban J connectivity index is 2.41. The number of nitrogens with zero attached hydrogens (tertiary/aromatic N) is 1. The fourth-order valence-electron chi connectivity index (χ4n) is 3.42. The fourth-order valence-corrected chi connectivity index (χ4v) is 3.42. The number of hydrogen-bond acceptors (Lipinski definition) is 12. The molecular weight excluding hydrogens is 470 g/mol. The number of hydrogen-bond donors (Lipinski definition) is 0. The fraction of sp³-hybridized carbons (Fsp3) is 0.545. The van der Waals surface area contributed by atoms with Gasteiger partial charge >= 0.3 is 23.9 Å². The number of nitro groups is 1. The highest BCUT2D eigenvalue weighted by atomic mass is 16.7. The average molecular weight is 497 g/mol. The molecular formula is C22H27NO12. The predicted octanol–water partition coefficient (Wildman–Crippen LogP) is 1.50. The molecule has 0 unspecified atom stereocenters. The van der Waals surface area contributed by atoms with Gasteiger partial charge in [-0.15, -0.1) is 0 Å². The highest BCUT2D eigenvalue weighted by Crippen LogP contribution is 2.31. The first kappa shape index (κ1) is 27.7. The topological polar surface area (TPSA) is 167 Å². The van der Waals surface area contributed by atoms with Gasteiger partial charge in [-0.2, -0.15) is 0 Å². The van der Waals surface area contributed by atoms with E-state index in [-0.39, 0.29) is 12.3 Å². The van der Waals surface area contributed by atoms with Gasteiger partial charge in [0.1, 0.15) is 12.7 Å². The van der Waals surface area contributed by atoms with Gasteiger partial charge in [0.2, 0.25) is 0 Å². The molecule has 0 bridgehead atoms. The lowest BCUT2D eigenvalue weighted by Gasteiger charge is -2.44. The van der Waals surface area contributed by atoms with Gasteiger partial charge in [0.15, 0.2) is 24.6 Å². The Morgan fingerprint density at radius 1 is 0.914 bits per heavy atom. The van der Waals surface area contributed by atoms with Gasteiger partial charge in [0, 0.05) is 39.8 Å². The molecule has 35 heavy (non-hydrogen) atoms. The molecule has 1 fully saturated rings. The van der Waals surface area contributed by atoms with Crippen molar-refractivity contribution in [3.05, 3.63) is 39.4 Å². The van der Waals surface area contributed by atoms with Crippen molar-refractivity contribution in [3.8, 4) is 0 Å². The molecule has 192 valence electrons. The van der Waals surface area contributed by atoms with Crippen molar-refractivity contribution in [2.75, 3.05) is 6.61 Å². The number of carbonyl (C=O) groups is 4. The first-order valence-electron chi connectivity index (χ1n) is 10.5. The van der Waals surface area contributed by atoms with E-state index in [1.165, 1.54) is 12.1 Å². The van der Waals surface area contributed by atoms with Crippen molar-refractivity contribution in [1.82, 2.24) is 0 Å². The summed E-state index contributed by atoms with van der Waals surface area (Å²) in [6, 6.07) is 4.21. The molecule has 0 aliphatic carbocycles. The molecule has 0 N–H and O–H groups in total. The van der Waals surface area contributed by atoms with Crippen LogP contribution in [-0.4, -0.2) is 66.1 Å². The van der Waals surface area contributed by atoms with Crippen LogP contribution in [0.5, 0.6) is 0 Å². The summed E-state index contributed by atoms with van der Waals surface area (Å²) >= 11 is 0.